The second-order valence-corrected chi connectivity index (χ2v) is 8.70. The highest BCUT2D eigenvalue weighted by Gasteiger charge is 2.38. The van der Waals surface area contributed by atoms with Crippen LogP contribution in [0.4, 0.5) is 35.9 Å². The molecule has 0 radical (unpaired) electrons. The van der Waals surface area contributed by atoms with E-state index in [1.165, 1.54) is 11.4 Å². The molecule has 0 saturated carbocycles. The number of guanidine groups is 2. The molecule has 2 aromatic rings. The standard InChI is InChI=1S/2C11H17N5.C2HF3O2/c2*12-9-1-3-10(4-2-9)15-5-7-16(8-6-15)11(13)14;3-2(4,5)1(6)7/h2*1-4H,5-8,12H2,(H3,13,14);(H,6,7). The molecule has 2 saturated heterocycles. The first-order chi connectivity index (χ1) is 18.3. The molecule has 0 aliphatic carbocycles. The number of hydrogen-bond donors (Lipinski definition) is 7. The number of alkyl halides is 3. The van der Waals surface area contributed by atoms with Crippen LogP contribution in [0.2, 0.25) is 0 Å². The zero-order chi connectivity index (χ0) is 29.2. The number of rotatable bonds is 2. The monoisotopic (exact) mass is 552 g/mol. The average molecular weight is 553 g/mol. The SMILES string of the molecule is N=C(N)N1CCN(c2ccc(N)cc2)CC1.N=C(N)N1CCN(c2ccc(N)cc2)CC1.O=C(O)C(F)(F)F. The van der Waals surface area contributed by atoms with Crippen molar-refractivity contribution in [2.75, 3.05) is 73.6 Å². The van der Waals surface area contributed by atoms with E-state index in [1.807, 2.05) is 58.3 Å². The normalized spacial score (nSPS) is 15.4. The van der Waals surface area contributed by atoms with E-state index in [1.54, 1.807) is 0 Å². The second-order valence-electron chi connectivity index (χ2n) is 8.70. The zero-order valence-corrected chi connectivity index (χ0v) is 21.4. The number of carbonyl (C=O) groups is 1. The van der Waals surface area contributed by atoms with Gasteiger partial charge in [-0.05, 0) is 48.5 Å². The summed E-state index contributed by atoms with van der Waals surface area (Å²) in [4.78, 5) is 17.2. The lowest BCUT2D eigenvalue weighted by Crippen LogP contribution is -2.50. The molecule has 39 heavy (non-hydrogen) atoms. The van der Waals surface area contributed by atoms with Crippen molar-refractivity contribution in [1.29, 1.82) is 10.8 Å². The highest BCUT2D eigenvalue weighted by molar-refractivity contribution is 5.75. The number of piperazine rings is 2. The molecule has 2 fully saturated rings. The molecule has 2 heterocycles. The van der Waals surface area contributed by atoms with Crippen molar-refractivity contribution < 1.29 is 23.1 Å². The number of hydrogen-bond acceptors (Lipinski definition) is 7. The van der Waals surface area contributed by atoms with Crippen LogP contribution in [0.3, 0.4) is 0 Å². The number of nitrogen functional groups attached to an aromatic ring is 2. The Kier molecular flexibility index (Phi) is 10.9. The van der Waals surface area contributed by atoms with Crippen LogP contribution >= 0.6 is 0 Å². The van der Waals surface area contributed by atoms with Crippen LogP contribution in [0.1, 0.15) is 0 Å². The van der Waals surface area contributed by atoms with Gasteiger partial charge in [-0.3, -0.25) is 10.8 Å². The molecule has 11 N–H and O–H groups in total. The van der Waals surface area contributed by atoms with Crippen molar-refractivity contribution in [3.05, 3.63) is 48.5 Å². The summed E-state index contributed by atoms with van der Waals surface area (Å²) in [5, 5.41) is 21.8. The Morgan fingerprint density at radius 3 is 1.13 bits per heavy atom. The fraction of sp³-hybridized carbons (Fsp3) is 0.375. The van der Waals surface area contributed by atoms with Gasteiger partial charge in [-0.25, -0.2) is 4.79 Å². The first-order valence-electron chi connectivity index (χ1n) is 12.0. The summed E-state index contributed by atoms with van der Waals surface area (Å²) in [6.07, 6.45) is -5.08. The van der Waals surface area contributed by atoms with E-state index in [0.717, 1.165) is 63.7 Å². The number of nitrogens with two attached hydrogens (primary N) is 4. The number of nitrogens with zero attached hydrogens (tertiary/aromatic N) is 4. The van der Waals surface area contributed by atoms with Crippen molar-refractivity contribution in [3.63, 3.8) is 0 Å². The number of nitrogens with one attached hydrogen (secondary N) is 2. The van der Waals surface area contributed by atoms with Gasteiger partial charge < -0.3 is 47.6 Å². The molecule has 0 unspecified atom stereocenters. The predicted octanol–water partition coefficient (Wildman–Crippen LogP) is 1.20. The van der Waals surface area contributed by atoms with Crippen LogP contribution in [0.15, 0.2) is 48.5 Å². The first-order valence-corrected chi connectivity index (χ1v) is 12.0. The van der Waals surface area contributed by atoms with Gasteiger partial charge in [0.15, 0.2) is 11.9 Å². The third-order valence-electron chi connectivity index (χ3n) is 6.00. The number of benzene rings is 2. The van der Waals surface area contributed by atoms with E-state index in [-0.39, 0.29) is 11.9 Å². The molecule has 12 nitrogen and oxygen atoms in total. The Hall–Kier alpha value is -4.56. The molecule has 0 bridgehead atoms. The zero-order valence-electron chi connectivity index (χ0n) is 21.4. The van der Waals surface area contributed by atoms with Crippen molar-refractivity contribution in [2.45, 2.75) is 6.18 Å². The summed E-state index contributed by atoms with van der Waals surface area (Å²) in [6, 6.07) is 15.7. The van der Waals surface area contributed by atoms with Crippen molar-refractivity contribution >= 4 is 40.6 Å². The molecule has 4 rings (SSSR count). The van der Waals surface area contributed by atoms with E-state index in [0.29, 0.717) is 0 Å². The van der Waals surface area contributed by atoms with Gasteiger partial charge in [0.2, 0.25) is 0 Å². The summed E-state index contributed by atoms with van der Waals surface area (Å²) in [7, 11) is 0. The third-order valence-corrected chi connectivity index (χ3v) is 6.00. The van der Waals surface area contributed by atoms with Crippen molar-refractivity contribution in [2.24, 2.45) is 11.5 Å². The van der Waals surface area contributed by atoms with Crippen LogP contribution in [-0.2, 0) is 4.79 Å². The molecule has 0 aromatic heterocycles. The largest absolute Gasteiger partial charge is 0.490 e. The first kappa shape index (κ1) is 30.7. The fourth-order valence-electron chi connectivity index (χ4n) is 3.78. The summed E-state index contributed by atoms with van der Waals surface area (Å²) in [5.41, 5.74) is 26.1. The lowest BCUT2D eigenvalue weighted by atomic mass is 10.2. The topological polar surface area (TPSA) is 202 Å². The summed E-state index contributed by atoms with van der Waals surface area (Å²) in [5.74, 6) is -2.43. The Balaban J connectivity index is 0.000000222. The minimum absolute atomic E-state index is 0.164. The van der Waals surface area contributed by atoms with E-state index < -0.39 is 12.1 Å². The van der Waals surface area contributed by atoms with Crippen molar-refractivity contribution in [3.8, 4) is 0 Å². The van der Waals surface area contributed by atoms with Gasteiger partial charge in [-0.2, -0.15) is 13.2 Å². The number of carboxylic acid groups (broad SMARTS) is 1. The quantitative estimate of drug-likeness (QED) is 0.161. The number of anilines is 4. The van der Waals surface area contributed by atoms with Crippen LogP contribution in [0, 0.1) is 10.8 Å². The van der Waals surface area contributed by atoms with Crippen LogP contribution in [-0.4, -0.2) is 91.3 Å². The molecular formula is C24H35F3N10O2. The maximum atomic E-state index is 10.6. The second kappa shape index (κ2) is 13.8. The smallest absolute Gasteiger partial charge is 0.475 e. The van der Waals surface area contributed by atoms with Gasteiger partial charge in [0.25, 0.3) is 0 Å². The van der Waals surface area contributed by atoms with Gasteiger partial charge in [-0.15, -0.1) is 0 Å². The molecular weight excluding hydrogens is 517 g/mol. The predicted molar refractivity (Wildman–Crippen MR) is 147 cm³/mol. The Morgan fingerprint density at radius 2 is 0.923 bits per heavy atom. The molecule has 214 valence electrons. The number of halogens is 3. The Bertz CT molecular complexity index is 1010. The highest BCUT2D eigenvalue weighted by atomic mass is 19.4. The minimum atomic E-state index is -5.08. The molecule has 2 aromatic carbocycles. The summed E-state index contributed by atoms with van der Waals surface area (Å²) in [6.45, 7) is 6.79. The minimum Gasteiger partial charge on any atom is -0.475 e. The van der Waals surface area contributed by atoms with Gasteiger partial charge in [0.05, 0.1) is 0 Å². The Labute approximate surface area is 224 Å². The van der Waals surface area contributed by atoms with Crippen LogP contribution in [0.5, 0.6) is 0 Å². The maximum Gasteiger partial charge on any atom is 0.490 e. The van der Waals surface area contributed by atoms with Crippen LogP contribution < -0.4 is 32.7 Å². The van der Waals surface area contributed by atoms with Gasteiger partial charge >= 0.3 is 12.1 Å². The maximum absolute atomic E-state index is 10.6. The van der Waals surface area contributed by atoms with Gasteiger partial charge in [0, 0.05) is 75.1 Å². The summed E-state index contributed by atoms with van der Waals surface area (Å²) >= 11 is 0. The molecule has 0 amide bonds. The third kappa shape index (κ3) is 10.0. The molecule has 15 heteroatoms. The van der Waals surface area contributed by atoms with E-state index in [2.05, 4.69) is 9.80 Å². The molecule has 2 aliphatic heterocycles. The van der Waals surface area contributed by atoms with E-state index >= 15 is 0 Å². The van der Waals surface area contributed by atoms with E-state index in [9.17, 15) is 13.2 Å². The molecule has 0 atom stereocenters. The summed E-state index contributed by atoms with van der Waals surface area (Å²) < 4.78 is 31.7. The number of carboxylic acids is 1. The van der Waals surface area contributed by atoms with Gasteiger partial charge in [0.1, 0.15) is 0 Å². The fourth-order valence-corrected chi connectivity index (χ4v) is 3.78. The highest BCUT2D eigenvalue weighted by Crippen LogP contribution is 2.19. The van der Waals surface area contributed by atoms with Crippen LogP contribution in [0.25, 0.3) is 0 Å². The molecule has 2 aliphatic rings. The average Bonchev–Trinajstić information content (AvgIpc) is 2.90. The Morgan fingerprint density at radius 1 is 0.667 bits per heavy atom. The van der Waals surface area contributed by atoms with Gasteiger partial charge in [-0.1, -0.05) is 0 Å². The van der Waals surface area contributed by atoms with Crippen molar-refractivity contribution in [1.82, 2.24) is 9.80 Å². The number of aliphatic carboxylic acids is 1. The lowest BCUT2D eigenvalue weighted by molar-refractivity contribution is -0.192. The van der Waals surface area contributed by atoms with E-state index in [4.69, 9.17) is 43.7 Å². The lowest BCUT2D eigenvalue weighted by Gasteiger charge is -2.36. The molecule has 0 spiro atoms.